The van der Waals surface area contributed by atoms with Crippen molar-refractivity contribution in [2.45, 2.75) is 25.8 Å². The minimum atomic E-state index is -1.19. The molecule has 132 valence electrons. The molecule has 0 bridgehead atoms. The van der Waals surface area contributed by atoms with Crippen molar-refractivity contribution >= 4 is 28.2 Å². The number of nitrogens with one attached hydrogen (secondary N) is 1. The molecule has 0 atom stereocenters. The molecule has 0 unspecified atom stereocenters. The molecule has 1 aliphatic heterocycles. The molecule has 7 heteroatoms. The average Bonchev–Trinajstić information content (AvgIpc) is 3.41. The fourth-order valence-corrected chi connectivity index (χ4v) is 3.84. The zero-order valence-corrected chi connectivity index (χ0v) is 14.2. The maximum absolute atomic E-state index is 12.7. The minimum Gasteiger partial charge on any atom is -0.477 e. The molecule has 0 radical (unpaired) electrons. The second kappa shape index (κ2) is 5.77. The van der Waals surface area contributed by atoms with E-state index >= 15 is 0 Å². The Balaban J connectivity index is 2.02. The highest BCUT2D eigenvalue weighted by Gasteiger charge is 2.29. The minimum absolute atomic E-state index is 0.187. The first-order valence-electron chi connectivity index (χ1n) is 8.66. The molecule has 1 aromatic carbocycles. The molecule has 2 fully saturated rings. The van der Waals surface area contributed by atoms with Crippen LogP contribution in [0.15, 0.2) is 17.1 Å². The number of aromatic carboxylic acids is 1. The third-order valence-electron chi connectivity index (χ3n) is 5.16. The third kappa shape index (κ3) is 2.55. The highest BCUT2D eigenvalue weighted by Crippen LogP contribution is 2.40. The molecule has 25 heavy (non-hydrogen) atoms. The van der Waals surface area contributed by atoms with E-state index in [1.165, 1.54) is 6.20 Å². The number of carboxylic acids is 1. The van der Waals surface area contributed by atoms with Crippen molar-refractivity contribution in [3.8, 4) is 0 Å². The number of nitrogens with two attached hydrogens (primary N) is 1. The Morgan fingerprint density at radius 3 is 2.60 bits per heavy atom. The van der Waals surface area contributed by atoms with Gasteiger partial charge in [-0.05, 0) is 31.4 Å². The summed E-state index contributed by atoms with van der Waals surface area (Å²) in [5.41, 5.74) is 8.93. The maximum atomic E-state index is 12.7. The van der Waals surface area contributed by atoms with Crippen molar-refractivity contribution in [3.05, 3.63) is 33.6 Å². The number of hydrogen-bond donors (Lipinski definition) is 3. The van der Waals surface area contributed by atoms with Crippen LogP contribution in [0, 0.1) is 6.92 Å². The van der Waals surface area contributed by atoms with Gasteiger partial charge in [-0.1, -0.05) is 0 Å². The van der Waals surface area contributed by atoms with Gasteiger partial charge in [0.2, 0.25) is 5.43 Å². The predicted octanol–water partition coefficient (Wildman–Crippen LogP) is 1.33. The summed E-state index contributed by atoms with van der Waals surface area (Å²) in [5, 5.41) is 13.1. The van der Waals surface area contributed by atoms with Crippen molar-refractivity contribution < 1.29 is 9.90 Å². The number of nitrogens with zero attached hydrogens (tertiary/aromatic N) is 2. The first-order valence-corrected chi connectivity index (χ1v) is 8.66. The van der Waals surface area contributed by atoms with Crippen LogP contribution in [0.4, 0.5) is 11.4 Å². The van der Waals surface area contributed by atoms with E-state index in [0.29, 0.717) is 11.1 Å². The molecular formula is C18H22N4O3. The van der Waals surface area contributed by atoms with E-state index in [0.717, 1.165) is 55.8 Å². The molecule has 1 aromatic heterocycles. The Morgan fingerprint density at radius 1 is 1.32 bits per heavy atom. The molecule has 1 saturated carbocycles. The van der Waals surface area contributed by atoms with Crippen LogP contribution in [0.1, 0.15) is 34.8 Å². The van der Waals surface area contributed by atoms with Crippen LogP contribution in [0.25, 0.3) is 10.9 Å². The van der Waals surface area contributed by atoms with Crippen molar-refractivity contribution in [3.63, 3.8) is 0 Å². The van der Waals surface area contributed by atoms with E-state index in [4.69, 9.17) is 5.73 Å². The first-order chi connectivity index (χ1) is 12.0. The van der Waals surface area contributed by atoms with Gasteiger partial charge in [0, 0.05) is 43.8 Å². The van der Waals surface area contributed by atoms with Crippen molar-refractivity contribution in [2.75, 3.05) is 36.8 Å². The number of aromatic nitrogens is 1. The van der Waals surface area contributed by atoms with E-state index in [1.54, 1.807) is 6.07 Å². The second-order valence-electron chi connectivity index (χ2n) is 6.89. The lowest BCUT2D eigenvalue weighted by atomic mass is 10.0. The normalized spacial score (nSPS) is 17.9. The Labute approximate surface area is 145 Å². The Morgan fingerprint density at radius 2 is 2.00 bits per heavy atom. The van der Waals surface area contributed by atoms with Crippen LogP contribution < -0.4 is 21.4 Å². The van der Waals surface area contributed by atoms with Gasteiger partial charge in [-0.25, -0.2) is 4.79 Å². The molecule has 0 amide bonds. The van der Waals surface area contributed by atoms with Gasteiger partial charge in [0.1, 0.15) is 5.56 Å². The smallest absolute Gasteiger partial charge is 0.341 e. The van der Waals surface area contributed by atoms with Crippen LogP contribution >= 0.6 is 0 Å². The number of carboxylic acid groups (broad SMARTS) is 1. The summed E-state index contributed by atoms with van der Waals surface area (Å²) in [4.78, 5) is 26.4. The van der Waals surface area contributed by atoms with Gasteiger partial charge in [-0.3, -0.25) is 4.79 Å². The number of anilines is 2. The van der Waals surface area contributed by atoms with Crippen LogP contribution in [0.3, 0.4) is 0 Å². The summed E-state index contributed by atoms with van der Waals surface area (Å²) < 4.78 is 1.97. The Hall–Kier alpha value is -2.54. The number of pyridine rings is 1. The summed E-state index contributed by atoms with van der Waals surface area (Å²) in [7, 11) is 0. The molecule has 1 aliphatic carbocycles. The van der Waals surface area contributed by atoms with Crippen molar-refractivity contribution in [1.82, 2.24) is 9.88 Å². The van der Waals surface area contributed by atoms with Gasteiger partial charge >= 0.3 is 5.97 Å². The number of piperazine rings is 1. The quantitative estimate of drug-likeness (QED) is 0.728. The molecule has 2 heterocycles. The molecule has 4 N–H and O–H groups in total. The Bertz CT molecular complexity index is 924. The number of nitrogen functional groups attached to an aromatic ring is 1. The van der Waals surface area contributed by atoms with Crippen LogP contribution in [0.5, 0.6) is 0 Å². The topological polar surface area (TPSA) is 101 Å². The van der Waals surface area contributed by atoms with E-state index in [9.17, 15) is 14.7 Å². The van der Waals surface area contributed by atoms with Gasteiger partial charge in [-0.15, -0.1) is 0 Å². The summed E-state index contributed by atoms with van der Waals surface area (Å²) in [5.74, 6) is -1.19. The number of hydrogen-bond acceptors (Lipinski definition) is 5. The van der Waals surface area contributed by atoms with Crippen LogP contribution in [-0.2, 0) is 0 Å². The van der Waals surface area contributed by atoms with Gasteiger partial charge in [0.25, 0.3) is 0 Å². The number of fused-ring (bicyclic) bond motifs is 1. The summed E-state index contributed by atoms with van der Waals surface area (Å²) in [6.07, 6.45) is 3.52. The van der Waals surface area contributed by atoms with E-state index in [-0.39, 0.29) is 11.6 Å². The molecule has 4 rings (SSSR count). The molecular weight excluding hydrogens is 320 g/mol. The predicted molar refractivity (Wildman–Crippen MR) is 97.7 cm³/mol. The molecule has 2 aliphatic rings. The summed E-state index contributed by atoms with van der Waals surface area (Å²) >= 11 is 0. The first kappa shape index (κ1) is 16.0. The highest BCUT2D eigenvalue weighted by molar-refractivity contribution is 5.98. The number of carbonyl (C=O) groups is 1. The Kier molecular flexibility index (Phi) is 3.68. The zero-order chi connectivity index (χ0) is 17.7. The van der Waals surface area contributed by atoms with Gasteiger partial charge in [0.15, 0.2) is 0 Å². The van der Waals surface area contributed by atoms with Gasteiger partial charge in [0.05, 0.1) is 16.9 Å². The standard InChI is InChI=1S/C18H22N4O3/c1-10-15-12(8-14(19)16(10)21-6-4-20-5-7-21)17(23)13(18(24)25)9-22(15)11-2-3-11/h8-9,11,20H,2-7,19H2,1H3,(H,24,25). The largest absolute Gasteiger partial charge is 0.477 e. The summed E-state index contributed by atoms with van der Waals surface area (Å²) in [6, 6.07) is 1.92. The summed E-state index contributed by atoms with van der Waals surface area (Å²) in [6.45, 7) is 5.48. The lowest BCUT2D eigenvalue weighted by Gasteiger charge is -2.32. The fourth-order valence-electron chi connectivity index (χ4n) is 3.84. The third-order valence-corrected chi connectivity index (χ3v) is 5.16. The number of rotatable bonds is 3. The maximum Gasteiger partial charge on any atom is 0.341 e. The fraction of sp³-hybridized carbons (Fsp3) is 0.444. The highest BCUT2D eigenvalue weighted by atomic mass is 16.4. The average molecular weight is 342 g/mol. The van der Waals surface area contributed by atoms with Gasteiger partial charge < -0.3 is 25.6 Å². The molecule has 2 aromatic rings. The molecule has 7 nitrogen and oxygen atoms in total. The monoisotopic (exact) mass is 342 g/mol. The molecule has 1 saturated heterocycles. The van der Waals surface area contributed by atoms with Crippen molar-refractivity contribution in [2.24, 2.45) is 0 Å². The lowest BCUT2D eigenvalue weighted by Crippen LogP contribution is -2.44. The lowest BCUT2D eigenvalue weighted by molar-refractivity contribution is 0.0695. The zero-order valence-electron chi connectivity index (χ0n) is 14.2. The van der Waals surface area contributed by atoms with E-state index < -0.39 is 11.4 Å². The van der Waals surface area contributed by atoms with Crippen LogP contribution in [0.2, 0.25) is 0 Å². The van der Waals surface area contributed by atoms with E-state index in [1.807, 2.05) is 11.5 Å². The van der Waals surface area contributed by atoms with Crippen molar-refractivity contribution in [1.29, 1.82) is 0 Å². The number of aryl methyl sites for hydroxylation is 1. The SMILES string of the molecule is Cc1c(N2CCNCC2)c(N)cc2c(=O)c(C(=O)O)cn(C3CC3)c12. The van der Waals surface area contributed by atoms with E-state index in [2.05, 4.69) is 10.2 Å². The second-order valence-corrected chi connectivity index (χ2v) is 6.89. The van der Waals surface area contributed by atoms with Gasteiger partial charge in [-0.2, -0.15) is 0 Å². The molecule has 0 spiro atoms. The van der Waals surface area contributed by atoms with Crippen LogP contribution in [-0.4, -0.2) is 41.8 Å². The number of benzene rings is 1.